The van der Waals surface area contributed by atoms with E-state index in [1.54, 1.807) is 20.2 Å². The third-order valence-electron chi connectivity index (χ3n) is 5.82. The first-order valence-corrected chi connectivity index (χ1v) is 10.4. The zero-order valence-corrected chi connectivity index (χ0v) is 17.8. The minimum atomic E-state index is -0.218. The summed E-state index contributed by atoms with van der Waals surface area (Å²) in [7, 11) is 3.21. The number of aromatic hydroxyl groups is 1. The molecule has 0 fully saturated rings. The Bertz CT molecular complexity index is 1120. The summed E-state index contributed by atoms with van der Waals surface area (Å²) in [5.74, 6) is 1.24. The first-order valence-electron chi connectivity index (χ1n) is 10.4. The quantitative estimate of drug-likeness (QED) is 0.594. The zero-order valence-electron chi connectivity index (χ0n) is 17.8. The van der Waals surface area contributed by atoms with E-state index in [0.717, 1.165) is 29.7 Å². The molecule has 0 saturated heterocycles. The van der Waals surface area contributed by atoms with Crippen molar-refractivity contribution >= 4 is 11.6 Å². The Labute approximate surface area is 182 Å². The molecule has 4 rings (SSSR count). The fourth-order valence-corrected chi connectivity index (χ4v) is 4.25. The molecule has 0 heterocycles. The van der Waals surface area contributed by atoms with Gasteiger partial charge in [0.1, 0.15) is 23.8 Å². The molecule has 5 nitrogen and oxygen atoms in total. The van der Waals surface area contributed by atoms with Crippen LogP contribution in [0.15, 0.2) is 71.7 Å². The number of amides is 1. The number of phenols is 1. The summed E-state index contributed by atoms with van der Waals surface area (Å²) in [5.41, 5.74) is 5.83. The molecule has 0 saturated carbocycles. The van der Waals surface area contributed by atoms with Gasteiger partial charge in [-0.05, 0) is 59.4 Å². The first kappa shape index (κ1) is 20.7. The van der Waals surface area contributed by atoms with Crippen molar-refractivity contribution in [1.82, 2.24) is 5.32 Å². The molecule has 1 aliphatic rings. The highest BCUT2D eigenvalue weighted by molar-refractivity contribution is 6.45. The molecule has 1 atom stereocenters. The highest BCUT2D eigenvalue weighted by atomic mass is 16.5. The largest absolute Gasteiger partial charge is 0.508 e. The summed E-state index contributed by atoms with van der Waals surface area (Å²) in [6.07, 6.45) is 2.03. The number of likely N-dealkylation sites (N-methyl/N-ethyl adjacent to an activating group) is 1. The SMILES string of the molecule is CN=C(C(=O)NC)c1ccccc1COc1ccc(C2CCc3cc(O)ccc32)cc1. The predicted octanol–water partition coefficient (Wildman–Crippen LogP) is 4.21. The number of nitrogens with one attached hydrogen (secondary N) is 1. The molecule has 1 aliphatic carbocycles. The Kier molecular flexibility index (Phi) is 6.03. The van der Waals surface area contributed by atoms with Crippen LogP contribution in [-0.4, -0.2) is 30.8 Å². The van der Waals surface area contributed by atoms with E-state index in [0.29, 0.717) is 24.0 Å². The van der Waals surface area contributed by atoms with Gasteiger partial charge in [0.25, 0.3) is 5.91 Å². The third kappa shape index (κ3) is 4.31. The Balaban J connectivity index is 1.48. The van der Waals surface area contributed by atoms with Crippen LogP contribution in [-0.2, 0) is 17.8 Å². The van der Waals surface area contributed by atoms with Crippen LogP contribution in [0.25, 0.3) is 0 Å². The summed E-state index contributed by atoms with van der Waals surface area (Å²) in [6.45, 7) is 0.344. The fourth-order valence-electron chi connectivity index (χ4n) is 4.25. The van der Waals surface area contributed by atoms with Crippen molar-refractivity contribution in [3.8, 4) is 11.5 Å². The minimum absolute atomic E-state index is 0.218. The number of nitrogens with zero attached hydrogens (tertiary/aromatic N) is 1. The first-order chi connectivity index (χ1) is 15.1. The van der Waals surface area contributed by atoms with Crippen LogP contribution in [0.2, 0.25) is 0 Å². The minimum Gasteiger partial charge on any atom is -0.508 e. The lowest BCUT2D eigenvalue weighted by Gasteiger charge is -2.15. The monoisotopic (exact) mass is 414 g/mol. The van der Waals surface area contributed by atoms with E-state index in [9.17, 15) is 9.90 Å². The Hall–Kier alpha value is -3.60. The molecule has 0 radical (unpaired) electrons. The molecule has 1 amide bonds. The second-order valence-electron chi connectivity index (χ2n) is 7.64. The Morgan fingerprint density at radius 1 is 1.13 bits per heavy atom. The van der Waals surface area contributed by atoms with Crippen LogP contribution in [0, 0.1) is 0 Å². The van der Waals surface area contributed by atoms with E-state index in [1.807, 2.05) is 48.5 Å². The highest BCUT2D eigenvalue weighted by Crippen LogP contribution is 2.39. The lowest BCUT2D eigenvalue weighted by Crippen LogP contribution is -2.29. The van der Waals surface area contributed by atoms with Gasteiger partial charge in [-0.2, -0.15) is 0 Å². The molecular weight excluding hydrogens is 388 g/mol. The van der Waals surface area contributed by atoms with Crippen molar-refractivity contribution in [3.63, 3.8) is 0 Å². The molecule has 0 spiro atoms. The van der Waals surface area contributed by atoms with E-state index in [1.165, 1.54) is 16.7 Å². The third-order valence-corrected chi connectivity index (χ3v) is 5.82. The van der Waals surface area contributed by atoms with Crippen molar-refractivity contribution in [2.45, 2.75) is 25.4 Å². The van der Waals surface area contributed by atoms with Gasteiger partial charge in [0.2, 0.25) is 0 Å². The van der Waals surface area contributed by atoms with E-state index in [-0.39, 0.29) is 5.91 Å². The zero-order chi connectivity index (χ0) is 21.8. The van der Waals surface area contributed by atoms with Gasteiger partial charge >= 0.3 is 0 Å². The summed E-state index contributed by atoms with van der Waals surface area (Å²) >= 11 is 0. The van der Waals surface area contributed by atoms with Gasteiger partial charge < -0.3 is 15.2 Å². The number of ether oxygens (including phenoxy) is 1. The van der Waals surface area contributed by atoms with Crippen LogP contribution in [0.1, 0.15) is 40.2 Å². The van der Waals surface area contributed by atoms with Crippen LogP contribution >= 0.6 is 0 Å². The molecule has 5 heteroatoms. The Morgan fingerprint density at radius 2 is 1.90 bits per heavy atom. The molecule has 3 aromatic rings. The highest BCUT2D eigenvalue weighted by Gasteiger charge is 2.24. The second kappa shape index (κ2) is 9.04. The summed E-state index contributed by atoms with van der Waals surface area (Å²) in [5, 5.41) is 12.3. The number of rotatable bonds is 6. The second-order valence-corrected chi connectivity index (χ2v) is 7.64. The lowest BCUT2D eigenvalue weighted by molar-refractivity contribution is -0.114. The van der Waals surface area contributed by atoms with Crippen molar-refractivity contribution in [2.75, 3.05) is 14.1 Å². The maximum Gasteiger partial charge on any atom is 0.269 e. The molecule has 0 aromatic heterocycles. The number of aliphatic imine (C=N–C) groups is 1. The lowest BCUT2D eigenvalue weighted by atomic mass is 9.93. The average molecular weight is 415 g/mol. The van der Waals surface area contributed by atoms with Crippen LogP contribution in [0.5, 0.6) is 11.5 Å². The van der Waals surface area contributed by atoms with E-state index in [4.69, 9.17) is 4.74 Å². The fraction of sp³-hybridized carbons (Fsp3) is 0.231. The number of benzene rings is 3. The van der Waals surface area contributed by atoms with Crippen molar-refractivity contribution in [2.24, 2.45) is 4.99 Å². The molecule has 0 bridgehead atoms. The van der Waals surface area contributed by atoms with Gasteiger partial charge in [-0.3, -0.25) is 9.79 Å². The topological polar surface area (TPSA) is 70.9 Å². The molecule has 2 N–H and O–H groups in total. The van der Waals surface area contributed by atoms with Gasteiger partial charge in [0, 0.05) is 25.6 Å². The molecule has 0 aliphatic heterocycles. The standard InChI is InChI=1S/C26H26N2O3/c1-27-25(26(30)28-2)24-6-4-3-5-19(24)16-31-21-11-7-17(8-12-21)22-13-9-18-15-20(29)10-14-23(18)22/h3-8,10-12,14-15,22,29H,9,13,16H2,1-2H3,(H,28,30). The van der Waals surface area contributed by atoms with Gasteiger partial charge in [0.05, 0.1) is 0 Å². The maximum atomic E-state index is 12.1. The average Bonchev–Trinajstić information content (AvgIpc) is 3.22. The van der Waals surface area contributed by atoms with Crippen molar-refractivity contribution in [3.05, 3.63) is 94.5 Å². The van der Waals surface area contributed by atoms with Crippen LogP contribution in [0.4, 0.5) is 0 Å². The summed E-state index contributed by atoms with van der Waals surface area (Å²) in [6, 6.07) is 21.5. The molecular formula is C26H26N2O3. The number of carbonyl (C=O) groups is 1. The summed E-state index contributed by atoms with van der Waals surface area (Å²) < 4.78 is 6.02. The number of hydrogen-bond acceptors (Lipinski definition) is 4. The van der Waals surface area contributed by atoms with Gasteiger partial charge in [0.15, 0.2) is 0 Å². The van der Waals surface area contributed by atoms with Crippen LogP contribution < -0.4 is 10.1 Å². The number of fused-ring (bicyclic) bond motifs is 1. The maximum absolute atomic E-state index is 12.1. The van der Waals surface area contributed by atoms with Gasteiger partial charge in [-0.25, -0.2) is 0 Å². The summed E-state index contributed by atoms with van der Waals surface area (Å²) in [4.78, 5) is 16.3. The number of carbonyl (C=O) groups excluding carboxylic acids is 1. The van der Waals surface area contributed by atoms with Crippen LogP contribution in [0.3, 0.4) is 0 Å². The Morgan fingerprint density at radius 3 is 2.65 bits per heavy atom. The molecule has 1 unspecified atom stereocenters. The number of hydrogen-bond donors (Lipinski definition) is 2. The van der Waals surface area contributed by atoms with Gasteiger partial charge in [-0.15, -0.1) is 0 Å². The van der Waals surface area contributed by atoms with E-state index in [2.05, 4.69) is 22.4 Å². The van der Waals surface area contributed by atoms with E-state index < -0.39 is 0 Å². The van der Waals surface area contributed by atoms with Gasteiger partial charge in [-0.1, -0.05) is 42.5 Å². The van der Waals surface area contributed by atoms with Crippen molar-refractivity contribution < 1.29 is 14.6 Å². The normalized spacial score (nSPS) is 15.4. The molecule has 158 valence electrons. The van der Waals surface area contributed by atoms with E-state index >= 15 is 0 Å². The van der Waals surface area contributed by atoms with Crippen molar-refractivity contribution in [1.29, 1.82) is 0 Å². The number of phenolic OH excluding ortho intramolecular Hbond substituents is 1. The smallest absolute Gasteiger partial charge is 0.269 e. The number of aryl methyl sites for hydroxylation is 1. The predicted molar refractivity (Wildman–Crippen MR) is 122 cm³/mol. The molecule has 3 aromatic carbocycles. The molecule has 31 heavy (non-hydrogen) atoms.